The molecule has 0 spiro atoms. The number of nitrogens with one attached hydrogen (secondary N) is 2. The maximum Gasteiger partial charge on any atom is 0.416 e. The van der Waals surface area contributed by atoms with Gasteiger partial charge in [-0.1, -0.05) is 5.10 Å². The van der Waals surface area contributed by atoms with Crippen molar-refractivity contribution in [2.24, 2.45) is 13.0 Å². The average molecular weight is 512 g/mol. The zero-order valence-electron chi connectivity index (χ0n) is 19.0. The van der Waals surface area contributed by atoms with Crippen LogP contribution in [-0.2, 0) is 43.8 Å². The summed E-state index contributed by atoms with van der Waals surface area (Å²) in [5, 5.41) is 18.5. The molecule has 0 aliphatic carbocycles. The molecule has 1 unspecified atom stereocenters. The van der Waals surface area contributed by atoms with E-state index in [2.05, 4.69) is 26.0 Å². The van der Waals surface area contributed by atoms with Gasteiger partial charge in [0, 0.05) is 12.2 Å². The monoisotopic (exact) mass is 512 g/mol. The number of hydrogen-bond donors (Lipinski definition) is 2. The van der Waals surface area contributed by atoms with Gasteiger partial charge >= 0.3 is 12.4 Å². The van der Waals surface area contributed by atoms with Crippen LogP contribution in [0.5, 0.6) is 0 Å². The summed E-state index contributed by atoms with van der Waals surface area (Å²) >= 11 is 0. The number of anilines is 2. The molecule has 7 nitrogen and oxygen atoms in total. The van der Waals surface area contributed by atoms with Crippen LogP contribution in [-0.4, -0.2) is 26.8 Å². The highest BCUT2D eigenvalue weighted by atomic mass is 19.4. The number of alkyl halides is 6. The van der Waals surface area contributed by atoms with Gasteiger partial charge < -0.3 is 15.4 Å². The number of tetrazole rings is 1. The van der Waals surface area contributed by atoms with Crippen molar-refractivity contribution in [2.75, 3.05) is 17.2 Å². The van der Waals surface area contributed by atoms with Crippen molar-refractivity contribution in [3.8, 4) is 0 Å². The summed E-state index contributed by atoms with van der Waals surface area (Å²) in [7, 11) is 1.61. The lowest BCUT2D eigenvalue weighted by Crippen LogP contribution is -2.20. The Morgan fingerprint density at radius 1 is 1.00 bits per heavy atom. The van der Waals surface area contributed by atoms with Crippen molar-refractivity contribution in [2.45, 2.75) is 44.4 Å². The first kappa shape index (κ1) is 24.3. The van der Waals surface area contributed by atoms with Gasteiger partial charge in [0.15, 0.2) is 0 Å². The van der Waals surface area contributed by atoms with Gasteiger partial charge in [-0.25, -0.2) is 0 Å². The number of aryl methyl sites for hydroxylation is 1. The predicted molar refractivity (Wildman–Crippen MR) is 117 cm³/mol. The largest absolute Gasteiger partial charge is 0.416 e. The zero-order chi connectivity index (χ0) is 25.7. The number of rotatable bonds is 4. The lowest BCUT2D eigenvalue weighted by molar-refractivity contribution is -0.143. The van der Waals surface area contributed by atoms with Crippen molar-refractivity contribution < 1.29 is 31.1 Å². The Bertz CT molecular complexity index is 1240. The van der Waals surface area contributed by atoms with E-state index in [-0.39, 0.29) is 36.0 Å². The second-order valence-electron chi connectivity index (χ2n) is 9.10. The molecule has 2 aliphatic rings. The zero-order valence-corrected chi connectivity index (χ0v) is 19.0. The fourth-order valence-electron chi connectivity index (χ4n) is 4.75. The smallest absolute Gasteiger partial charge is 0.384 e. The molecule has 0 saturated heterocycles. The Morgan fingerprint density at radius 3 is 2.28 bits per heavy atom. The number of benzene rings is 2. The van der Waals surface area contributed by atoms with E-state index in [9.17, 15) is 26.3 Å². The van der Waals surface area contributed by atoms with E-state index >= 15 is 0 Å². The van der Waals surface area contributed by atoms with E-state index in [1.54, 1.807) is 7.05 Å². The summed E-state index contributed by atoms with van der Waals surface area (Å²) < 4.78 is 85.7. The Hall–Kier alpha value is -3.35. The second kappa shape index (κ2) is 8.95. The molecule has 2 atom stereocenters. The van der Waals surface area contributed by atoms with Crippen molar-refractivity contribution >= 4 is 11.6 Å². The summed E-state index contributed by atoms with van der Waals surface area (Å²) in [5.41, 5.74) is 1.13. The van der Waals surface area contributed by atoms with E-state index in [1.807, 2.05) is 12.1 Å². The molecule has 0 amide bonds. The molecule has 0 radical (unpaired) electrons. The molecular weight excluding hydrogens is 490 g/mol. The predicted octanol–water partition coefficient (Wildman–Crippen LogP) is 5.11. The van der Waals surface area contributed by atoms with Crippen LogP contribution in [0.3, 0.4) is 0 Å². The minimum absolute atomic E-state index is 0.0168. The van der Waals surface area contributed by atoms with Crippen LogP contribution in [0.25, 0.3) is 0 Å². The topological polar surface area (TPSA) is 76.9 Å². The van der Waals surface area contributed by atoms with Gasteiger partial charge in [-0.05, 0) is 76.6 Å². The second-order valence-corrected chi connectivity index (χ2v) is 9.10. The molecule has 3 heterocycles. The number of nitrogens with zero attached hydrogens (tertiary/aromatic N) is 4. The van der Waals surface area contributed by atoms with E-state index < -0.39 is 23.5 Å². The van der Waals surface area contributed by atoms with Crippen molar-refractivity contribution in [3.05, 3.63) is 63.7 Å². The fraction of sp³-hybridized carbons (Fsp3) is 0.435. The van der Waals surface area contributed by atoms with Crippen LogP contribution in [0.2, 0.25) is 0 Å². The van der Waals surface area contributed by atoms with Gasteiger partial charge in [0.1, 0.15) is 0 Å². The van der Waals surface area contributed by atoms with E-state index in [0.29, 0.717) is 26.2 Å². The van der Waals surface area contributed by atoms with Crippen LogP contribution in [0.1, 0.15) is 45.8 Å². The third-order valence-corrected chi connectivity index (χ3v) is 6.40. The molecule has 0 fully saturated rings. The Balaban J connectivity index is 1.47. The standard InChI is InChI=1S/C23H22F6N6O/c1-35-33-21(32-34-35)31-20-5-13(9-30-19-7-15-11-36-10-14(15)6-18(19)20)2-12-3-16(22(24,25)26)8-17(4-12)23(27,28)29/h3-4,6-8,13,20,30H,2,5,9-11H2,1H3,(H,31,33)/t13-,20?/m0/s1. The SMILES string of the molecule is Cn1nnc(NC2C[C@H](Cc3cc(C(F)(F)F)cc(C(F)(F)F)c3)CNc3cc4c(cc32)COC4)n1. The first-order chi connectivity index (χ1) is 17.0. The van der Waals surface area contributed by atoms with Crippen LogP contribution in [0.4, 0.5) is 38.0 Å². The van der Waals surface area contributed by atoms with Crippen LogP contribution in [0, 0.1) is 5.92 Å². The van der Waals surface area contributed by atoms with Gasteiger partial charge in [-0.3, -0.25) is 0 Å². The quantitative estimate of drug-likeness (QED) is 0.474. The number of ether oxygens (including phenoxy) is 1. The molecule has 2 aromatic carbocycles. The Morgan fingerprint density at radius 2 is 1.67 bits per heavy atom. The summed E-state index contributed by atoms with van der Waals surface area (Å²) in [6.07, 6.45) is -9.35. The highest BCUT2D eigenvalue weighted by Gasteiger charge is 2.37. The first-order valence-electron chi connectivity index (χ1n) is 11.2. The molecule has 5 rings (SSSR count). The molecular formula is C23H22F6N6O. The lowest BCUT2D eigenvalue weighted by atomic mass is 9.89. The van der Waals surface area contributed by atoms with Crippen LogP contribution >= 0.6 is 0 Å². The third kappa shape index (κ3) is 5.11. The molecule has 1 aromatic heterocycles. The molecule has 2 N–H and O–H groups in total. The van der Waals surface area contributed by atoms with Crippen LogP contribution in [0.15, 0.2) is 30.3 Å². The summed E-state index contributed by atoms with van der Waals surface area (Å²) in [5.74, 6) is -0.0218. The first-order valence-corrected chi connectivity index (χ1v) is 11.2. The van der Waals surface area contributed by atoms with Gasteiger partial charge in [0.05, 0.1) is 37.4 Å². The number of hydrogen-bond acceptors (Lipinski definition) is 6. The van der Waals surface area contributed by atoms with E-state index in [4.69, 9.17) is 4.74 Å². The van der Waals surface area contributed by atoms with E-state index in [0.717, 1.165) is 34.5 Å². The van der Waals surface area contributed by atoms with Gasteiger partial charge in [-0.2, -0.15) is 31.1 Å². The van der Waals surface area contributed by atoms with Crippen LogP contribution < -0.4 is 10.6 Å². The molecule has 3 aromatic rings. The Kier molecular flexibility index (Phi) is 6.05. The molecule has 192 valence electrons. The minimum atomic E-state index is -4.89. The molecule has 0 saturated carbocycles. The fourth-order valence-corrected chi connectivity index (χ4v) is 4.75. The summed E-state index contributed by atoms with van der Waals surface area (Å²) in [4.78, 5) is 1.29. The van der Waals surface area contributed by atoms with Crippen molar-refractivity contribution in [3.63, 3.8) is 0 Å². The Labute approximate surface area is 201 Å². The third-order valence-electron chi connectivity index (χ3n) is 6.40. The molecule has 2 aliphatic heterocycles. The number of halogens is 6. The highest BCUT2D eigenvalue weighted by Crippen LogP contribution is 2.40. The average Bonchev–Trinajstić information content (AvgIpc) is 3.38. The minimum Gasteiger partial charge on any atom is -0.384 e. The van der Waals surface area contributed by atoms with Gasteiger partial charge in [0.25, 0.3) is 5.95 Å². The highest BCUT2D eigenvalue weighted by molar-refractivity contribution is 5.59. The lowest BCUT2D eigenvalue weighted by Gasteiger charge is -2.22. The van der Waals surface area contributed by atoms with Crippen molar-refractivity contribution in [1.29, 1.82) is 0 Å². The normalized spacial score (nSPS) is 19.9. The van der Waals surface area contributed by atoms with E-state index in [1.165, 1.54) is 4.80 Å². The maximum atomic E-state index is 13.4. The number of fused-ring (bicyclic) bond motifs is 2. The summed E-state index contributed by atoms with van der Waals surface area (Å²) in [6.45, 7) is 1.30. The molecule has 13 heteroatoms. The summed E-state index contributed by atoms with van der Waals surface area (Å²) in [6, 6.07) is 5.37. The molecule has 0 bridgehead atoms. The number of aromatic nitrogens is 4. The van der Waals surface area contributed by atoms with Crippen molar-refractivity contribution in [1.82, 2.24) is 20.2 Å². The molecule has 36 heavy (non-hydrogen) atoms. The van der Waals surface area contributed by atoms with Gasteiger partial charge in [0.2, 0.25) is 0 Å². The van der Waals surface area contributed by atoms with Gasteiger partial charge in [-0.15, -0.1) is 5.10 Å². The maximum absolute atomic E-state index is 13.4.